The lowest BCUT2D eigenvalue weighted by Crippen LogP contribution is -2.47. The second kappa shape index (κ2) is 8.57. The van der Waals surface area contributed by atoms with Gasteiger partial charge in [-0.25, -0.2) is 0 Å². The Bertz CT molecular complexity index is 550. The average Bonchev–Trinajstić information content (AvgIpc) is 2.58. The number of rotatable bonds is 7. The molecule has 0 saturated carbocycles. The van der Waals surface area contributed by atoms with Crippen molar-refractivity contribution in [2.75, 3.05) is 29.9 Å². The molecular weight excluding hydrogens is 294 g/mol. The van der Waals surface area contributed by atoms with Gasteiger partial charge in [-0.2, -0.15) is 0 Å². The van der Waals surface area contributed by atoms with E-state index in [-0.39, 0.29) is 0 Å². The maximum Gasteiger partial charge on any atom is 0.0865 e. The summed E-state index contributed by atoms with van der Waals surface area (Å²) >= 11 is 0. The molecule has 1 N–H and O–H groups in total. The minimum absolute atomic E-state index is 0.357. The monoisotopic (exact) mass is 329 g/mol. The van der Waals surface area contributed by atoms with Gasteiger partial charge in [0.1, 0.15) is 0 Å². The molecular formula is C21H35N3. The van der Waals surface area contributed by atoms with Crippen LogP contribution in [-0.2, 0) is 6.42 Å². The fraction of sp³-hybridized carbons (Fsp3) is 0.619. The fourth-order valence-corrected chi connectivity index (χ4v) is 3.84. The number of hydrogen-bond acceptors (Lipinski definition) is 3. The van der Waals surface area contributed by atoms with Crippen LogP contribution >= 0.6 is 0 Å². The third-order valence-corrected chi connectivity index (χ3v) is 4.97. The van der Waals surface area contributed by atoms with Gasteiger partial charge in [0.2, 0.25) is 0 Å². The third-order valence-electron chi connectivity index (χ3n) is 4.97. The van der Waals surface area contributed by atoms with Crippen molar-refractivity contribution < 1.29 is 0 Å². The van der Waals surface area contributed by atoms with Gasteiger partial charge in [0.05, 0.1) is 6.17 Å². The zero-order valence-corrected chi connectivity index (χ0v) is 16.3. The smallest absolute Gasteiger partial charge is 0.0865 e. The van der Waals surface area contributed by atoms with Crippen LogP contribution < -0.4 is 15.1 Å². The lowest BCUT2D eigenvalue weighted by atomic mass is 9.97. The summed E-state index contributed by atoms with van der Waals surface area (Å²) in [5.41, 5.74) is 4.20. The van der Waals surface area contributed by atoms with Crippen molar-refractivity contribution in [3.8, 4) is 0 Å². The molecule has 2 atom stereocenters. The first-order valence-electron chi connectivity index (χ1n) is 9.52. The van der Waals surface area contributed by atoms with E-state index in [1.54, 1.807) is 0 Å². The van der Waals surface area contributed by atoms with Crippen LogP contribution in [0.3, 0.4) is 0 Å². The Labute approximate surface area is 148 Å². The number of allylic oxidation sites excluding steroid dienone is 1. The zero-order valence-electron chi connectivity index (χ0n) is 16.3. The largest absolute Gasteiger partial charge is 0.371 e. The molecule has 1 aliphatic rings. The quantitative estimate of drug-likeness (QED) is 0.786. The van der Waals surface area contributed by atoms with Gasteiger partial charge in [-0.3, -0.25) is 5.32 Å². The van der Waals surface area contributed by atoms with Crippen LogP contribution in [-0.4, -0.2) is 26.3 Å². The molecule has 0 aliphatic carbocycles. The van der Waals surface area contributed by atoms with Crippen LogP contribution in [0, 0.1) is 11.8 Å². The van der Waals surface area contributed by atoms with Crippen LogP contribution in [0.1, 0.15) is 46.6 Å². The van der Waals surface area contributed by atoms with E-state index < -0.39 is 0 Å². The van der Waals surface area contributed by atoms with E-state index in [9.17, 15) is 0 Å². The molecule has 0 spiro atoms. The highest BCUT2D eigenvalue weighted by atomic mass is 15.3. The molecule has 0 fully saturated rings. The van der Waals surface area contributed by atoms with Crippen LogP contribution in [0.2, 0.25) is 0 Å². The van der Waals surface area contributed by atoms with Gasteiger partial charge in [-0.1, -0.05) is 39.8 Å². The topological polar surface area (TPSA) is 18.5 Å². The SMILES string of the molecule is CCc1c(N(CC)CC(C)C)cccc1N1C=CCC(C)C1NC. The molecule has 0 saturated heterocycles. The molecule has 2 rings (SSSR count). The molecule has 24 heavy (non-hydrogen) atoms. The maximum atomic E-state index is 3.51. The molecule has 0 amide bonds. The molecule has 3 heteroatoms. The van der Waals surface area contributed by atoms with Crippen molar-refractivity contribution >= 4 is 11.4 Å². The lowest BCUT2D eigenvalue weighted by Gasteiger charge is -2.39. The summed E-state index contributed by atoms with van der Waals surface area (Å²) in [7, 11) is 2.07. The summed E-state index contributed by atoms with van der Waals surface area (Å²) in [6.07, 6.45) is 7.11. The number of nitrogens with one attached hydrogen (secondary N) is 1. The van der Waals surface area contributed by atoms with Gasteiger partial charge in [-0.05, 0) is 56.3 Å². The van der Waals surface area contributed by atoms with Gasteiger partial charge in [-0.15, -0.1) is 0 Å². The lowest BCUT2D eigenvalue weighted by molar-refractivity contribution is 0.390. The van der Waals surface area contributed by atoms with Crippen molar-refractivity contribution in [2.24, 2.45) is 11.8 Å². The Hall–Kier alpha value is -1.48. The van der Waals surface area contributed by atoms with E-state index in [0.717, 1.165) is 25.9 Å². The third kappa shape index (κ3) is 3.94. The predicted octanol–water partition coefficient (Wildman–Crippen LogP) is 4.64. The molecule has 0 aromatic heterocycles. The van der Waals surface area contributed by atoms with E-state index in [4.69, 9.17) is 0 Å². The van der Waals surface area contributed by atoms with Gasteiger partial charge < -0.3 is 9.80 Å². The summed E-state index contributed by atoms with van der Waals surface area (Å²) in [4.78, 5) is 4.96. The van der Waals surface area contributed by atoms with Crippen LogP contribution in [0.4, 0.5) is 11.4 Å². The number of hydrogen-bond donors (Lipinski definition) is 1. The van der Waals surface area contributed by atoms with E-state index in [1.165, 1.54) is 16.9 Å². The Morgan fingerprint density at radius 1 is 1.29 bits per heavy atom. The highest BCUT2D eigenvalue weighted by Crippen LogP contribution is 2.35. The Kier molecular flexibility index (Phi) is 6.73. The predicted molar refractivity (Wildman–Crippen MR) is 107 cm³/mol. The summed E-state index contributed by atoms with van der Waals surface area (Å²) in [6.45, 7) is 13.6. The van der Waals surface area contributed by atoms with Crippen molar-refractivity contribution in [3.05, 3.63) is 36.0 Å². The van der Waals surface area contributed by atoms with Crippen molar-refractivity contribution in [3.63, 3.8) is 0 Å². The van der Waals surface area contributed by atoms with Gasteiger partial charge >= 0.3 is 0 Å². The normalized spacial score (nSPS) is 20.7. The van der Waals surface area contributed by atoms with E-state index in [2.05, 4.69) is 87.3 Å². The summed E-state index contributed by atoms with van der Waals surface area (Å²) < 4.78 is 0. The fourth-order valence-electron chi connectivity index (χ4n) is 3.84. The average molecular weight is 330 g/mol. The minimum atomic E-state index is 0.357. The Balaban J connectivity index is 2.46. The Morgan fingerprint density at radius 2 is 2.04 bits per heavy atom. The summed E-state index contributed by atoms with van der Waals surface area (Å²) in [5, 5.41) is 3.51. The molecule has 0 bridgehead atoms. The number of anilines is 2. The number of benzene rings is 1. The highest BCUT2D eigenvalue weighted by molar-refractivity contribution is 5.69. The van der Waals surface area contributed by atoms with E-state index in [1.807, 2.05) is 0 Å². The van der Waals surface area contributed by atoms with Crippen molar-refractivity contribution in [2.45, 2.75) is 53.6 Å². The molecule has 134 valence electrons. The molecule has 3 nitrogen and oxygen atoms in total. The first kappa shape index (κ1) is 18.9. The van der Waals surface area contributed by atoms with Gasteiger partial charge in [0.15, 0.2) is 0 Å². The highest BCUT2D eigenvalue weighted by Gasteiger charge is 2.26. The summed E-state index contributed by atoms with van der Waals surface area (Å²) in [5.74, 6) is 1.27. The molecule has 1 aromatic carbocycles. The standard InChI is InChI=1S/C21H35N3/c1-7-18-19(23(8-2)15-16(3)4)12-9-13-20(18)24-14-10-11-17(5)21(24)22-6/h9-10,12-14,16-17,21-22H,7-8,11,15H2,1-6H3. The second-order valence-electron chi connectivity index (χ2n) is 7.30. The van der Waals surface area contributed by atoms with Crippen LogP contribution in [0.25, 0.3) is 0 Å². The van der Waals surface area contributed by atoms with E-state index >= 15 is 0 Å². The Morgan fingerprint density at radius 3 is 2.62 bits per heavy atom. The molecule has 2 unspecified atom stereocenters. The van der Waals surface area contributed by atoms with Crippen LogP contribution in [0.15, 0.2) is 30.5 Å². The van der Waals surface area contributed by atoms with Gasteiger partial charge in [0, 0.05) is 30.7 Å². The van der Waals surface area contributed by atoms with E-state index in [0.29, 0.717) is 18.0 Å². The van der Waals surface area contributed by atoms with Crippen LogP contribution in [0.5, 0.6) is 0 Å². The van der Waals surface area contributed by atoms with Gasteiger partial charge in [0.25, 0.3) is 0 Å². The molecule has 0 radical (unpaired) electrons. The van der Waals surface area contributed by atoms with Crippen molar-refractivity contribution in [1.29, 1.82) is 0 Å². The zero-order chi connectivity index (χ0) is 17.7. The maximum absolute atomic E-state index is 3.51. The second-order valence-corrected chi connectivity index (χ2v) is 7.30. The molecule has 1 heterocycles. The number of nitrogens with zero attached hydrogens (tertiary/aromatic N) is 2. The first-order chi connectivity index (χ1) is 11.5. The first-order valence-corrected chi connectivity index (χ1v) is 9.52. The molecule has 1 aliphatic heterocycles. The minimum Gasteiger partial charge on any atom is -0.371 e. The summed E-state index contributed by atoms with van der Waals surface area (Å²) in [6, 6.07) is 6.78. The van der Waals surface area contributed by atoms with Crippen molar-refractivity contribution in [1.82, 2.24) is 5.32 Å². The molecule has 1 aromatic rings.